The monoisotopic (exact) mass is 298 g/mol. The van der Waals surface area contributed by atoms with Gasteiger partial charge in [0.25, 0.3) is 5.91 Å². The number of benzene rings is 1. The lowest BCUT2D eigenvalue weighted by atomic mass is 10.1. The van der Waals surface area contributed by atoms with Gasteiger partial charge < -0.3 is 4.90 Å². The first-order valence-electron chi connectivity index (χ1n) is 7.70. The number of nitrogens with zero attached hydrogens (tertiary/aromatic N) is 2. The Morgan fingerprint density at radius 2 is 1.82 bits per heavy atom. The molecule has 0 bridgehead atoms. The molecule has 0 unspecified atom stereocenters. The van der Waals surface area contributed by atoms with Crippen LogP contribution in [0.2, 0.25) is 0 Å². The van der Waals surface area contributed by atoms with Crippen molar-refractivity contribution in [2.45, 2.75) is 38.3 Å². The van der Waals surface area contributed by atoms with E-state index in [-0.39, 0.29) is 17.5 Å². The molecule has 1 saturated carbocycles. The fourth-order valence-electron chi connectivity index (χ4n) is 3.06. The van der Waals surface area contributed by atoms with Gasteiger partial charge in [-0.15, -0.1) is 0 Å². The fourth-order valence-corrected chi connectivity index (χ4v) is 3.06. The number of hydrogen-bond donors (Lipinski definition) is 0. The molecule has 0 radical (unpaired) electrons. The summed E-state index contributed by atoms with van der Waals surface area (Å²) in [4.78, 5) is 18.7. The normalized spacial score (nSPS) is 15.0. The van der Waals surface area contributed by atoms with Crippen molar-refractivity contribution in [3.05, 3.63) is 65.7 Å². The smallest absolute Gasteiger partial charge is 0.257 e. The molecule has 2 aromatic rings. The van der Waals surface area contributed by atoms with Crippen molar-refractivity contribution < 1.29 is 9.18 Å². The summed E-state index contributed by atoms with van der Waals surface area (Å²) in [5.41, 5.74) is 1.18. The van der Waals surface area contributed by atoms with Crippen LogP contribution in [0.5, 0.6) is 0 Å². The molecule has 0 aliphatic heterocycles. The molecule has 0 atom stereocenters. The molecule has 1 amide bonds. The Morgan fingerprint density at radius 1 is 1.14 bits per heavy atom. The summed E-state index contributed by atoms with van der Waals surface area (Å²) in [5, 5.41) is 0. The van der Waals surface area contributed by atoms with E-state index in [4.69, 9.17) is 0 Å². The number of amides is 1. The van der Waals surface area contributed by atoms with Crippen LogP contribution in [-0.4, -0.2) is 21.8 Å². The molecule has 1 aromatic heterocycles. The van der Waals surface area contributed by atoms with Crippen LogP contribution >= 0.6 is 0 Å². The van der Waals surface area contributed by atoms with E-state index in [1.807, 2.05) is 17.0 Å². The van der Waals surface area contributed by atoms with Gasteiger partial charge in [-0.25, -0.2) is 4.39 Å². The van der Waals surface area contributed by atoms with Crippen molar-refractivity contribution in [3.63, 3.8) is 0 Å². The molecule has 1 aliphatic rings. The van der Waals surface area contributed by atoms with Crippen LogP contribution in [0.4, 0.5) is 4.39 Å². The van der Waals surface area contributed by atoms with Crippen LogP contribution in [0.15, 0.2) is 48.8 Å². The Kier molecular flexibility index (Phi) is 4.47. The van der Waals surface area contributed by atoms with Gasteiger partial charge in [0.15, 0.2) is 0 Å². The predicted molar refractivity (Wildman–Crippen MR) is 82.8 cm³/mol. The van der Waals surface area contributed by atoms with E-state index in [0.29, 0.717) is 6.54 Å². The molecule has 0 N–H and O–H groups in total. The standard InChI is InChI=1S/C18H19FN2O/c19-17-8-4-3-7-16(17)18(22)21(15-5-1-2-6-15)13-14-9-11-20-12-10-14/h3-4,7-12,15H,1-2,5-6,13H2. The summed E-state index contributed by atoms with van der Waals surface area (Å²) in [6, 6.07) is 10.2. The van der Waals surface area contributed by atoms with E-state index in [2.05, 4.69) is 4.98 Å². The van der Waals surface area contributed by atoms with E-state index in [1.165, 1.54) is 6.07 Å². The maximum Gasteiger partial charge on any atom is 0.257 e. The highest BCUT2D eigenvalue weighted by atomic mass is 19.1. The lowest BCUT2D eigenvalue weighted by molar-refractivity contribution is 0.0659. The molecule has 0 spiro atoms. The van der Waals surface area contributed by atoms with Crippen molar-refractivity contribution >= 4 is 5.91 Å². The third kappa shape index (κ3) is 3.16. The number of hydrogen-bond acceptors (Lipinski definition) is 2. The summed E-state index contributed by atoms with van der Waals surface area (Å²) in [6.45, 7) is 0.500. The van der Waals surface area contributed by atoms with Crippen molar-refractivity contribution in [2.75, 3.05) is 0 Å². The average molecular weight is 298 g/mol. The van der Waals surface area contributed by atoms with Gasteiger partial charge in [-0.3, -0.25) is 9.78 Å². The summed E-state index contributed by atoms with van der Waals surface area (Å²) in [5.74, 6) is -0.674. The van der Waals surface area contributed by atoms with Crippen LogP contribution in [0.1, 0.15) is 41.6 Å². The first kappa shape index (κ1) is 14.7. The zero-order chi connectivity index (χ0) is 15.4. The third-order valence-corrected chi connectivity index (χ3v) is 4.23. The Morgan fingerprint density at radius 3 is 2.50 bits per heavy atom. The predicted octanol–water partition coefficient (Wildman–Crippen LogP) is 3.81. The maximum absolute atomic E-state index is 14.0. The van der Waals surface area contributed by atoms with Crippen molar-refractivity contribution in [3.8, 4) is 0 Å². The summed E-state index contributed by atoms with van der Waals surface area (Å²) >= 11 is 0. The van der Waals surface area contributed by atoms with Gasteiger partial charge in [-0.2, -0.15) is 0 Å². The van der Waals surface area contributed by atoms with Crippen molar-refractivity contribution in [1.82, 2.24) is 9.88 Å². The first-order valence-corrected chi connectivity index (χ1v) is 7.70. The summed E-state index contributed by atoms with van der Waals surface area (Å²) < 4.78 is 14.0. The Labute approximate surface area is 129 Å². The molecule has 1 aliphatic carbocycles. The Hall–Kier alpha value is -2.23. The van der Waals surface area contributed by atoms with Gasteiger partial charge in [0.1, 0.15) is 5.82 Å². The molecule has 3 rings (SSSR count). The Bertz CT molecular complexity index is 639. The zero-order valence-electron chi connectivity index (χ0n) is 12.4. The van der Waals surface area contributed by atoms with E-state index < -0.39 is 5.82 Å². The van der Waals surface area contributed by atoms with Crippen molar-refractivity contribution in [1.29, 1.82) is 0 Å². The first-order chi connectivity index (χ1) is 10.8. The number of aromatic nitrogens is 1. The van der Waals surface area contributed by atoms with Crippen LogP contribution in [0.3, 0.4) is 0 Å². The van der Waals surface area contributed by atoms with E-state index in [9.17, 15) is 9.18 Å². The van der Waals surface area contributed by atoms with Gasteiger partial charge in [0, 0.05) is 25.0 Å². The second kappa shape index (κ2) is 6.69. The zero-order valence-corrected chi connectivity index (χ0v) is 12.4. The lowest BCUT2D eigenvalue weighted by Gasteiger charge is -2.29. The minimum Gasteiger partial charge on any atom is -0.331 e. The Balaban J connectivity index is 1.88. The van der Waals surface area contributed by atoms with Gasteiger partial charge in [0.2, 0.25) is 0 Å². The minimum atomic E-state index is -0.453. The van der Waals surface area contributed by atoms with E-state index >= 15 is 0 Å². The van der Waals surface area contributed by atoms with E-state index in [1.54, 1.807) is 30.6 Å². The van der Waals surface area contributed by atoms with Crippen LogP contribution in [0, 0.1) is 5.82 Å². The third-order valence-electron chi connectivity index (χ3n) is 4.23. The SMILES string of the molecule is O=C(c1ccccc1F)N(Cc1ccncc1)C1CCCC1. The number of halogens is 1. The molecule has 22 heavy (non-hydrogen) atoms. The van der Waals surface area contributed by atoms with Crippen LogP contribution in [0.25, 0.3) is 0 Å². The van der Waals surface area contributed by atoms with Gasteiger partial charge in [-0.1, -0.05) is 25.0 Å². The molecular weight excluding hydrogens is 279 g/mol. The number of carbonyl (C=O) groups excluding carboxylic acids is 1. The molecule has 3 nitrogen and oxygen atoms in total. The molecule has 0 saturated heterocycles. The highest BCUT2D eigenvalue weighted by Crippen LogP contribution is 2.27. The average Bonchev–Trinajstić information content (AvgIpc) is 3.08. The second-order valence-corrected chi connectivity index (χ2v) is 5.71. The molecule has 1 heterocycles. The number of rotatable bonds is 4. The van der Waals surface area contributed by atoms with Crippen molar-refractivity contribution in [2.24, 2.45) is 0 Å². The summed E-state index contributed by atoms with van der Waals surface area (Å²) in [6.07, 6.45) is 7.67. The summed E-state index contributed by atoms with van der Waals surface area (Å²) in [7, 11) is 0. The van der Waals surface area contributed by atoms with Gasteiger partial charge in [0.05, 0.1) is 5.56 Å². The largest absolute Gasteiger partial charge is 0.331 e. The highest BCUT2D eigenvalue weighted by Gasteiger charge is 2.28. The van der Waals surface area contributed by atoms with Crippen LogP contribution < -0.4 is 0 Å². The molecule has 1 fully saturated rings. The number of carbonyl (C=O) groups is 1. The molecule has 1 aromatic carbocycles. The topological polar surface area (TPSA) is 33.2 Å². The van der Waals surface area contributed by atoms with Gasteiger partial charge in [-0.05, 0) is 42.7 Å². The lowest BCUT2D eigenvalue weighted by Crippen LogP contribution is -2.38. The van der Waals surface area contributed by atoms with E-state index in [0.717, 1.165) is 31.2 Å². The van der Waals surface area contributed by atoms with Crippen LogP contribution in [-0.2, 0) is 6.54 Å². The number of pyridine rings is 1. The second-order valence-electron chi connectivity index (χ2n) is 5.71. The molecular formula is C18H19FN2O. The quantitative estimate of drug-likeness (QED) is 0.860. The fraction of sp³-hybridized carbons (Fsp3) is 0.333. The maximum atomic E-state index is 14.0. The molecule has 4 heteroatoms. The highest BCUT2D eigenvalue weighted by molar-refractivity contribution is 5.94. The van der Waals surface area contributed by atoms with Gasteiger partial charge >= 0.3 is 0 Å². The molecule has 114 valence electrons. The minimum absolute atomic E-state index is 0.156.